The molecule has 9 nitrogen and oxygen atoms in total. The first-order chi connectivity index (χ1) is 18.0. The van der Waals surface area contributed by atoms with Crippen LogP contribution in [0.15, 0.2) is 24.3 Å². The number of hydrogen-bond acceptors (Lipinski definition) is 5. The van der Waals surface area contributed by atoms with E-state index in [2.05, 4.69) is 36.2 Å². The Labute approximate surface area is 234 Å². The van der Waals surface area contributed by atoms with Gasteiger partial charge in [-0.25, -0.2) is 9.59 Å². The Bertz CT molecular complexity index is 871. The maximum Gasteiger partial charge on any atom is 0.321 e. The zero-order valence-electron chi connectivity index (χ0n) is 23.1. The third-order valence-electron chi connectivity index (χ3n) is 7.80. The number of nitrogens with one attached hydrogen (secondary N) is 1. The molecule has 4 rings (SSSR count). The van der Waals surface area contributed by atoms with Gasteiger partial charge in [-0.3, -0.25) is 0 Å². The number of ether oxygens (including phenoxy) is 2. The fraction of sp³-hybridized carbons (Fsp3) is 0.714. The highest BCUT2D eigenvalue weighted by Crippen LogP contribution is 2.22. The van der Waals surface area contributed by atoms with Crippen molar-refractivity contribution in [3.63, 3.8) is 0 Å². The van der Waals surface area contributed by atoms with Crippen LogP contribution in [0.1, 0.15) is 38.7 Å². The van der Waals surface area contributed by atoms with Crippen LogP contribution in [0.3, 0.4) is 0 Å². The molecule has 4 amide bonds. The van der Waals surface area contributed by atoms with Crippen molar-refractivity contribution in [1.82, 2.24) is 19.6 Å². The minimum atomic E-state index is -0.0560. The van der Waals surface area contributed by atoms with Crippen molar-refractivity contribution in [1.29, 1.82) is 0 Å². The van der Waals surface area contributed by atoms with Crippen LogP contribution in [0.4, 0.5) is 15.3 Å². The second kappa shape index (κ2) is 15.5. The molecule has 3 heterocycles. The number of amides is 4. The molecule has 38 heavy (non-hydrogen) atoms. The summed E-state index contributed by atoms with van der Waals surface area (Å²) in [7, 11) is 0. The summed E-state index contributed by atoms with van der Waals surface area (Å²) >= 11 is 0. The van der Waals surface area contributed by atoms with Crippen LogP contribution in [0.2, 0.25) is 0 Å². The van der Waals surface area contributed by atoms with Gasteiger partial charge < -0.3 is 34.4 Å². The number of nitrogens with zero attached hydrogens (tertiary/aromatic N) is 4. The summed E-state index contributed by atoms with van der Waals surface area (Å²) in [5.41, 5.74) is 2.08. The van der Waals surface area contributed by atoms with Crippen LogP contribution >= 0.6 is 12.4 Å². The number of likely N-dealkylation sites (tertiary alicyclic amines) is 1. The Morgan fingerprint density at radius 3 is 2.21 bits per heavy atom. The number of rotatable bonds is 8. The number of morpholine rings is 2. The molecule has 0 spiro atoms. The molecule has 1 N–H and O–H groups in total. The molecule has 0 aromatic heterocycles. The van der Waals surface area contributed by atoms with E-state index >= 15 is 0 Å². The van der Waals surface area contributed by atoms with Crippen molar-refractivity contribution in [3.8, 4) is 0 Å². The molecule has 0 radical (unpaired) electrons. The van der Waals surface area contributed by atoms with Crippen molar-refractivity contribution >= 4 is 30.2 Å². The molecule has 3 aliphatic rings. The molecule has 1 unspecified atom stereocenters. The van der Waals surface area contributed by atoms with Crippen molar-refractivity contribution in [3.05, 3.63) is 29.8 Å². The van der Waals surface area contributed by atoms with Gasteiger partial charge in [-0.05, 0) is 62.8 Å². The van der Waals surface area contributed by atoms with Crippen molar-refractivity contribution in [2.45, 2.75) is 45.6 Å². The summed E-state index contributed by atoms with van der Waals surface area (Å²) < 4.78 is 10.7. The van der Waals surface area contributed by atoms with Gasteiger partial charge in [-0.2, -0.15) is 0 Å². The highest BCUT2D eigenvalue weighted by molar-refractivity contribution is 5.89. The largest absolute Gasteiger partial charge is 0.378 e. The summed E-state index contributed by atoms with van der Waals surface area (Å²) in [5, 5.41) is 3.06. The van der Waals surface area contributed by atoms with Crippen molar-refractivity contribution < 1.29 is 19.1 Å². The fourth-order valence-electron chi connectivity index (χ4n) is 5.59. The summed E-state index contributed by atoms with van der Waals surface area (Å²) in [6.07, 6.45) is 4.18. The van der Waals surface area contributed by atoms with Crippen LogP contribution in [0.25, 0.3) is 0 Å². The van der Waals surface area contributed by atoms with E-state index in [9.17, 15) is 9.59 Å². The summed E-state index contributed by atoms with van der Waals surface area (Å²) in [6, 6.07) is 8.78. The lowest BCUT2D eigenvalue weighted by molar-refractivity contribution is 0.0386. The lowest BCUT2D eigenvalue weighted by Gasteiger charge is -2.39. The second-order valence-electron chi connectivity index (χ2n) is 10.6. The van der Waals surface area contributed by atoms with Gasteiger partial charge >= 0.3 is 12.1 Å². The van der Waals surface area contributed by atoms with Crippen LogP contribution < -0.4 is 5.32 Å². The van der Waals surface area contributed by atoms with Gasteiger partial charge in [0.1, 0.15) is 0 Å². The number of halogens is 1. The number of carbonyl (C=O) groups excluding carboxylic acids is 2. The Hall–Kier alpha value is -2.07. The molecule has 0 saturated carbocycles. The molecule has 0 aliphatic carbocycles. The smallest absolute Gasteiger partial charge is 0.321 e. The third-order valence-corrected chi connectivity index (χ3v) is 7.80. The van der Waals surface area contributed by atoms with E-state index in [1.54, 1.807) is 0 Å². The normalized spacial score (nSPS) is 19.7. The monoisotopic (exact) mass is 551 g/mol. The van der Waals surface area contributed by atoms with Gasteiger partial charge in [0, 0.05) is 57.5 Å². The summed E-state index contributed by atoms with van der Waals surface area (Å²) in [4.78, 5) is 33.8. The van der Waals surface area contributed by atoms with Gasteiger partial charge in [-0.1, -0.05) is 19.1 Å². The third kappa shape index (κ3) is 8.73. The molecule has 3 aliphatic heterocycles. The van der Waals surface area contributed by atoms with E-state index in [1.165, 1.54) is 5.56 Å². The predicted octanol–water partition coefficient (Wildman–Crippen LogP) is 3.78. The minimum absolute atomic E-state index is 0. The molecule has 3 fully saturated rings. The van der Waals surface area contributed by atoms with Gasteiger partial charge in [0.15, 0.2) is 0 Å². The molecular formula is C28H46ClN5O4. The van der Waals surface area contributed by atoms with Gasteiger partial charge in [0.05, 0.1) is 26.4 Å². The standard InChI is InChI=1S/C28H45N5O4.ClH/c1-3-9-33(22-24-7-10-31(11-8-24)28(35)32-14-18-37-19-15-32)23(2)20-25-5-4-6-26(21-25)29-27(34)30-12-16-36-17-13-30;/h4-6,21,23-24H,3,7-20,22H2,1-2H3,(H,29,34);1H. The topological polar surface area (TPSA) is 77.6 Å². The van der Waals surface area contributed by atoms with Crippen LogP contribution in [-0.2, 0) is 15.9 Å². The Morgan fingerprint density at radius 1 is 0.974 bits per heavy atom. The quantitative estimate of drug-likeness (QED) is 0.532. The highest BCUT2D eigenvalue weighted by atomic mass is 35.5. The molecule has 1 atom stereocenters. The Morgan fingerprint density at radius 2 is 1.58 bits per heavy atom. The predicted molar refractivity (Wildman–Crippen MR) is 152 cm³/mol. The average Bonchev–Trinajstić information content (AvgIpc) is 2.94. The average molecular weight is 552 g/mol. The summed E-state index contributed by atoms with van der Waals surface area (Å²) in [5.74, 6) is 0.613. The van der Waals surface area contributed by atoms with Crippen LogP contribution in [-0.4, -0.2) is 116 Å². The lowest BCUT2D eigenvalue weighted by Crippen LogP contribution is -2.51. The molecule has 214 valence electrons. The van der Waals surface area contributed by atoms with Crippen LogP contribution in [0.5, 0.6) is 0 Å². The van der Waals surface area contributed by atoms with E-state index in [4.69, 9.17) is 9.47 Å². The first-order valence-corrected chi connectivity index (χ1v) is 14.1. The first kappa shape index (κ1) is 30.5. The number of benzene rings is 1. The number of piperidine rings is 1. The number of carbonyl (C=O) groups is 2. The van der Waals surface area contributed by atoms with E-state index in [0.717, 1.165) is 57.5 Å². The molecule has 0 bridgehead atoms. The number of hydrogen-bond donors (Lipinski definition) is 1. The van der Waals surface area contributed by atoms with E-state index in [-0.39, 0.29) is 24.5 Å². The Balaban J connectivity index is 0.00000400. The zero-order valence-corrected chi connectivity index (χ0v) is 23.9. The minimum Gasteiger partial charge on any atom is -0.378 e. The first-order valence-electron chi connectivity index (χ1n) is 14.1. The number of urea groups is 2. The lowest BCUT2D eigenvalue weighted by atomic mass is 9.95. The molecule has 1 aromatic carbocycles. The van der Waals surface area contributed by atoms with E-state index in [0.29, 0.717) is 64.6 Å². The van der Waals surface area contributed by atoms with Gasteiger partial charge in [0.25, 0.3) is 0 Å². The maximum atomic E-state index is 12.8. The molecule has 3 saturated heterocycles. The summed E-state index contributed by atoms with van der Waals surface area (Å²) in [6.45, 7) is 13.6. The van der Waals surface area contributed by atoms with Crippen LogP contribution in [0, 0.1) is 5.92 Å². The van der Waals surface area contributed by atoms with Gasteiger partial charge in [0.2, 0.25) is 0 Å². The maximum absolute atomic E-state index is 12.8. The Kier molecular flexibility index (Phi) is 12.4. The molecule has 1 aromatic rings. The molecular weight excluding hydrogens is 506 g/mol. The fourth-order valence-corrected chi connectivity index (χ4v) is 5.59. The molecule has 10 heteroatoms. The van der Waals surface area contributed by atoms with E-state index < -0.39 is 0 Å². The zero-order chi connectivity index (χ0) is 26.0. The highest BCUT2D eigenvalue weighted by Gasteiger charge is 2.29. The number of anilines is 1. The van der Waals surface area contributed by atoms with Crippen molar-refractivity contribution in [2.75, 3.05) is 84.1 Å². The second-order valence-corrected chi connectivity index (χ2v) is 10.6. The van der Waals surface area contributed by atoms with Gasteiger partial charge in [-0.15, -0.1) is 12.4 Å². The van der Waals surface area contributed by atoms with Crippen molar-refractivity contribution in [2.24, 2.45) is 5.92 Å². The van der Waals surface area contributed by atoms with E-state index in [1.807, 2.05) is 26.8 Å². The SMILES string of the molecule is CCCN(CC1CCN(C(=O)N2CCOCC2)CC1)C(C)Cc1cccc(NC(=O)N2CCOCC2)c1.Cl.